The second-order valence-corrected chi connectivity index (χ2v) is 2.27. The van der Waals surface area contributed by atoms with Crippen molar-refractivity contribution in [3.63, 3.8) is 0 Å². The third-order valence-corrected chi connectivity index (χ3v) is 0.728. The minimum absolute atomic E-state index is 0.294. The fourth-order valence-corrected chi connectivity index (χ4v) is 0.319. The van der Waals surface area contributed by atoms with Gasteiger partial charge >= 0.3 is 10.1 Å². The molecule has 0 spiro atoms. The Morgan fingerprint density at radius 1 is 1.67 bits per heavy atom. The van der Waals surface area contributed by atoms with Gasteiger partial charge in [-0.2, -0.15) is 8.42 Å². The third-order valence-electron chi connectivity index (χ3n) is 0.387. The first-order valence-corrected chi connectivity index (χ1v) is 3.61. The van der Waals surface area contributed by atoms with Crippen molar-refractivity contribution < 1.29 is 17.7 Å². The van der Waals surface area contributed by atoms with Gasteiger partial charge in [0.25, 0.3) is 0 Å². The number of hydrogen-bond donors (Lipinski definition) is 1. The lowest BCUT2D eigenvalue weighted by Gasteiger charge is -1.82. The van der Waals surface area contributed by atoms with Gasteiger partial charge < -0.3 is 4.74 Å². The summed E-state index contributed by atoms with van der Waals surface area (Å²) in [5, 5.41) is 1.48. The lowest BCUT2D eigenvalue weighted by Crippen LogP contribution is -1.90. The van der Waals surface area contributed by atoms with Crippen LogP contribution >= 0.6 is 0 Å². The lowest BCUT2D eigenvalue weighted by molar-refractivity contribution is 0.299. The summed E-state index contributed by atoms with van der Waals surface area (Å²) in [6, 6.07) is 0. The van der Waals surface area contributed by atoms with Crippen LogP contribution in [0.3, 0.4) is 0 Å². The molecule has 0 rings (SSSR count). The summed E-state index contributed by atoms with van der Waals surface area (Å²) in [7, 11) is -4.18. The molecule has 0 bridgehead atoms. The Morgan fingerprint density at radius 2 is 2.22 bits per heavy atom. The molecule has 0 amide bonds. The van der Waals surface area contributed by atoms with Crippen molar-refractivity contribution in [3.05, 3.63) is 0 Å². The maximum Gasteiger partial charge on any atom is 0.338 e. The smallest absolute Gasteiger partial charge is 0.338 e. The van der Waals surface area contributed by atoms with Crippen LogP contribution < -0.4 is 0 Å². The summed E-state index contributed by atoms with van der Waals surface area (Å²) in [6.45, 7) is 1.95. The van der Waals surface area contributed by atoms with Gasteiger partial charge in [0.05, 0.1) is 11.9 Å². The van der Waals surface area contributed by atoms with Crippen molar-refractivity contribution in [1.29, 1.82) is 0 Å². The van der Waals surface area contributed by atoms with Crippen molar-refractivity contribution in [2.75, 3.05) is 6.61 Å². The van der Waals surface area contributed by atoms with E-state index in [1.54, 1.807) is 13.0 Å². The molecule has 0 aromatic heterocycles. The van der Waals surface area contributed by atoms with E-state index in [2.05, 4.69) is 4.74 Å². The minimum atomic E-state index is -4.18. The molecule has 0 fully saturated rings. The molecule has 5 heteroatoms. The quantitative estimate of drug-likeness (QED) is 0.416. The summed E-state index contributed by atoms with van der Waals surface area (Å²) in [5.74, 6) is 0. The highest BCUT2D eigenvalue weighted by molar-refractivity contribution is 7.90. The van der Waals surface area contributed by atoms with Gasteiger partial charge in [-0.05, 0) is 6.92 Å². The monoisotopic (exact) mass is 150 g/mol. The first-order chi connectivity index (χ1) is 4.06. The largest absolute Gasteiger partial charge is 0.446 e. The van der Waals surface area contributed by atoms with Gasteiger partial charge in [0.1, 0.15) is 6.11 Å². The predicted octanol–water partition coefficient (Wildman–Crippen LogP) is -0.171. The van der Waals surface area contributed by atoms with Crippen LogP contribution in [0.5, 0.6) is 0 Å². The molecular weight excluding hydrogens is 144 g/mol. The minimum Gasteiger partial charge on any atom is -0.446 e. The fourth-order valence-electron chi connectivity index (χ4n) is 0.154. The highest BCUT2D eigenvalue weighted by atomic mass is 32.2. The van der Waals surface area contributed by atoms with Crippen molar-refractivity contribution in [1.82, 2.24) is 0 Å². The molecule has 0 unspecified atom stereocenters. The van der Waals surface area contributed by atoms with Crippen LogP contribution in [0.1, 0.15) is 6.92 Å². The molecule has 0 heterocycles. The SMILES string of the molecule is CCOC#CS(=O)(=O)O. The second-order valence-electron chi connectivity index (χ2n) is 1.11. The number of ether oxygens (including phenoxy) is 1. The predicted molar refractivity (Wildman–Crippen MR) is 31.0 cm³/mol. The topological polar surface area (TPSA) is 63.6 Å². The van der Waals surface area contributed by atoms with Gasteiger partial charge in [0.15, 0.2) is 0 Å². The van der Waals surface area contributed by atoms with Gasteiger partial charge in [-0.25, -0.2) is 0 Å². The van der Waals surface area contributed by atoms with E-state index in [0.29, 0.717) is 6.61 Å². The summed E-state index contributed by atoms with van der Waals surface area (Å²) in [4.78, 5) is 0. The van der Waals surface area contributed by atoms with Gasteiger partial charge in [-0.15, -0.1) is 0 Å². The van der Waals surface area contributed by atoms with Crippen molar-refractivity contribution >= 4 is 10.1 Å². The molecule has 0 saturated carbocycles. The molecule has 4 nitrogen and oxygen atoms in total. The van der Waals surface area contributed by atoms with Crippen LogP contribution in [0, 0.1) is 11.4 Å². The van der Waals surface area contributed by atoms with Gasteiger partial charge in [-0.1, -0.05) is 0 Å². The van der Waals surface area contributed by atoms with Crippen LogP contribution in [0.25, 0.3) is 0 Å². The second kappa shape index (κ2) is 3.33. The first kappa shape index (κ1) is 8.27. The highest BCUT2D eigenvalue weighted by Crippen LogP contribution is 1.74. The Morgan fingerprint density at radius 3 is 2.56 bits per heavy atom. The van der Waals surface area contributed by atoms with E-state index in [1.807, 2.05) is 0 Å². The Hall–Kier alpha value is -0.730. The Kier molecular flexibility index (Phi) is 3.06. The van der Waals surface area contributed by atoms with Gasteiger partial charge in [0.2, 0.25) is 0 Å². The average Bonchev–Trinajstić information content (AvgIpc) is 1.63. The molecule has 0 aromatic carbocycles. The first-order valence-electron chi connectivity index (χ1n) is 2.17. The van der Waals surface area contributed by atoms with E-state index in [0.717, 1.165) is 0 Å². The summed E-state index contributed by atoms with van der Waals surface area (Å²) < 4.78 is 31.9. The van der Waals surface area contributed by atoms with Crippen molar-refractivity contribution in [3.8, 4) is 11.4 Å². The van der Waals surface area contributed by atoms with E-state index >= 15 is 0 Å². The normalized spacial score (nSPS) is 9.56. The fraction of sp³-hybridized carbons (Fsp3) is 0.500. The summed E-state index contributed by atoms with van der Waals surface area (Å²) in [5.41, 5.74) is 0. The molecule has 0 aromatic rings. The summed E-state index contributed by atoms with van der Waals surface area (Å²) >= 11 is 0. The third kappa shape index (κ3) is 7.27. The Bertz CT molecular complexity index is 217. The van der Waals surface area contributed by atoms with E-state index in [4.69, 9.17) is 4.55 Å². The van der Waals surface area contributed by atoms with Crippen molar-refractivity contribution in [2.45, 2.75) is 6.92 Å². The van der Waals surface area contributed by atoms with Gasteiger partial charge in [-0.3, -0.25) is 4.55 Å². The molecule has 0 aliphatic carbocycles. The average molecular weight is 150 g/mol. The molecule has 0 radical (unpaired) electrons. The zero-order valence-electron chi connectivity index (χ0n) is 4.79. The highest BCUT2D eigenvalue weighted by Gasteiger charge is 1.92. The zero-order chi connectivity index (χ0) is 7.33. The zero-order valence-corrected chi connectivity index (χ0v) is 5.60. The molecule has 0 aliphatic rings. The van der Waals surface area contributed by atoms with Gasteiger partial charge in [0, 0.05) is 0 Å². The van der Waals surface area contributed by atoms with E-state index in [9.17, 15) is 8.42 Å². The molecule has 0 saturated heterocycles. The lowest BCUT2D eigenvalue weighted by atomic mass is 10.9. The maximum absolute atomic E-state index is 9.81. The molecule has 0 atom stereocenters. The van der Waals surface area contributed by atoms with Crippen LogP contribution in [-0.2, 0) is 14.9 Å². The van der Waals surface area contributed by atoms with Crippen molar-refractivity contribution in [2.24, 2.45) is 0 Å². The van der Waals surface area contributed by atoms with Crippen LogP contribution in [0.2, 0.25) is 0 Å². The summed E-state index contributed by atoms with van der Waals surface area (Å²) in [6.07, 6.45) is 1.79. The molecule has 52 valence electrons. The molecule has 9 heavy (non-hydrogen) atoms. The number of rotatable bonds is 1. The molecule has 0 aliphatic heterocycles. The molecular formula is C4H6O4S. The van der Waals surface area contributed by atoms with Crippen LogP contribution in [0.15, 0.2) is 0 Å². The maximum atomic E-state index is 9.81. The standard InChI is InChI=1S/C4H6O4S/c1-2-8-3-4-9(5,6)7/h2H2,1H3,(H,5,6,7). The van der Waals surface area contributed by atoms with E-state index in [-0.39, 0.29) is 0 Å². The number of hydrogen-bond acceptors (Lipinski definition) is 3. The van der Waals surface area contributed by atoms with E-state index < -0.39 is 10.1 Å². The Labute approximate surface area is 53.6 Å². The molecule has 1 N–H and O–H groups in total. The Balaban J connectivity index is 3.90. The van der Waals surface area contributed by atoms with E-state index in [1.165, 1.54) is 5.25 Å². The van der Waals surface area contributed by atoms with Crippen LogP contribution in [-0.4, -0.2) is 19.6 Å². The van der Waals surface area contributed by atoms with Crippen LogP contribution in [0.4, 0.5) is 0 Å².